The summed E-state index contributed by atoms with van der Waals surface area (Å²) in [5.74, 6) is -0.708. The maximum Gasteiger partial charge on any atom is 0.338 e. The lowest BCUT2D eigenvalue weighted by atomic mass is 9.86. The van der Waals surface area contributed by atoms with Crippen molar-refractivity contribution in [2.45, 2.75) is 45.6 Å². The average Bonchev–Trinajstić information content (AvgIpc) is 3.16. The van der Waals surface area contributed by atoms with Crippen molar-refractivity contribution in [3.05, 3.63) is 70.2 Å². The van der Waals surface area contributed by atoms with Crippen molar-refractivity contribution in [2.24, 2.45) is 11.3 Å². The number of hydrogen-bond acceptors (Lipinski definition) is 4. The van der Waals surface area contributed by atoms with Gasteiger partial charge in [0.25, 0.3) is 0 Å². The molecule has 3 rings (SSSR count). The Morgan fingerprint density at radius 2 is 1.62 bits per heavy atom. The van der Waals surface area contributed by atoms with E-state index in [2.05, 4.69) is 15.9 Å². The predicted molar refractivity (Wildman–Crippen MR) is 116 cm³/mol. The zero-order valence-electron chi connectivity index (χ0n) is 17.5. The molecule has 0 heterocycles. The molecule has 1 aliphatic carbocycles. The predicted octanol–water partition coefficient (Wildman–Crippen LogP) is 5.54. The van der Waals surface area contributed by atoms with Gasteiger partial charge in [0.2, 0.25) is 0 Å². The first-order chi connectivity index (χ1) is 13.5. The minimum atomic E-state index is -0.846. The van der Waals surface area contributed by atoms with Gasteiger partial charge in [0.1, 0.15) is 11.0 Å². The van der Waals surface area contributed by atoms with E-state index < -0.39 is 22.4 Å². The lowest BCUT2D eigenvalue weighted by Gasteiger charge is -2.27. The molecular weight excluding hydrogens is 432 g/mol. The highest BCUT2D eigenvalue weighted by Crippen LogP contribution is 2.70. The normalized spacial score (nSPS) is 25.9. The molecule has 0 radical (unpaired) electrons. The van der Waals surface area contributed by atoms with Crippen molar-refractivity contribution >= 4 is 27.9 Å². The highest BCUT2D eigenvalue weighted by Gasteiger charge is 2.78. The number of benzene rings is 2. The zero-order chi connectivity index (χ0) is 21.4. The average molecular weight is 459 g/mol. The second kappa shape index (κ2) is 7.60. The smallest absolute Gasteiger partial charge is 0.338 e. The van der Waals surface area contributed by atoms with Gasteiger partial charge in [0.05, 0.1) is 12.2 Å². The minimum Gasteiger partial charge on any atom is -0.461 e. The molecule has 1 saturated carbocycles. The lowest BCUT2D eigenvalue weighted by Crippen LogP contribution is -2.37. The fourth-order valence-electron chi connectivity index (χ4n) is 4.21. The molecule has 29 heavy (non-hydrogen) atoms. The molecule has 0 amide bonds. The van der Waals surface area contributed by atoms with Crippen LogP contribution < -0.4 is 0 Å². The molecule has 0 spiro atoms. The van der Waals surface area contributed by atoms with Gasteiger partial charge >= 0.3 is 11.9 Å². The SMILES string of the molecule is C[C@H]1[C@](C)(COC(=O)c2ccc(Br)cc2)[C@]1(C(=O)OC(C)(C)C)c1ccccc1. The second-order valence-corrected chi connectivity index (χ2v) is 9.81. The summed E-state index contributed by atoms with van der Waals surface area (Å²) in [6.07, 6.45) is 0. The highest BCUT2D eigenvalue weighted by molar-refractivity contribution is 9.10. The van der Waals surface area contributed by atoms with Crippen molar-refractivity contribution in [2.75, 3.05) is 6.61 Å². The third-order valence-corrected chi connectivity index (χ3v) is 6.48. The first kappa shape index (κ1) is 21.6. The first-order valence-electron chi connectivity index (χ1n) is 9.74. The Morgan fingerprint density at radius 3 is 2.17 bits per heavy atom. The summed E-state index contributed by atoms with van der Waals surface area (Å²) in [7, 11) is 0. The van der Waals surface area contributed by atoms with Gasteiger partial charge in [0, 0.05) is 9.89 Å². The van der Waals surface area contributed by atoms with Crippen molar-refractivity contribution in [1.82, 2.24) is 0 Å². The number of rotatable bonds is 5. The number of carbonyl (C=O) groups is 2. The Balaban J connectivity index is 1.87. The van der Waals surface area contributed by atoms with E-state index in [1.165, 1.54) is 0 Å². The van der Waals surface area contributed by atoms with E-state index in [4.69, 9.17) is 9.47 Å². The topological polar surface area (TPSA) is 52.6 Å². The van der Waals surface area contributed by atoms with E-state index >= 15 is 0 Å². The van der Waals surface area contributed by atoms with Gasteiger partial charge in [-0.2, -0.15) is 0 Å². The van der Waals surface area contributed by atoms with Crippen molar-refractivity contribution in [3.63, 3.8) is 0 Å². The van der Waals surface area contributed by atoms with Crippen LogP contribution in [0.5, 0.6) is 0 Å². The van der Waals surface area contributed by atoms with Crippen LogP contribution >= 0.6 is 15.9 Å². The van der Waals surface area contributed by atoms with Gasteiger partial charge in [0.15, 0.2) is 0 Å². The molecule has 0 aromatic heterocycles. The number of esters is 2. The summed E-state index contributed by atoms with van der Waals surface area (Å²) >= 11 is 3.36. The van der Waals surface area contributed by atoms with E-state index in [1.807, 2.05) is 65.0 Å². The van der Waals surface area contributed by atoms with Crippen LogP contribution in [0.3, 0.4) is 0 Å². The Hall–Kier alpha value is -2.14. The maximum absolute atomic E-state index is 13.4. The molecule has 2 aromatic carbocycles. The lowest BCUT2D eigenvalue weighted by molar-refractivity contribution is -0.160. The van der Waals surface area contributed by atoms with Gasteiger partial charge in [-0.25, -0.2) is 4.79 Å². The van der Waals surface area contributed by atoms with E-state index in [0.29, 0.717) is 5.56 Å². The summed E-state index contributed by atoms with van der Waals surface area (Å²) in [5, 5.41) is 0. The van der Waals surface area contributed by atoms with Gasteiger partial charge < -0.3 is 9.47 Å². The van der Waals surface area contributed by atoms with E-state index in [0.717, 1.165) is 10.0 Å². The summed E-state index contributed by atoms with van der Waals surface area (Å²) in [5.41, 5.74) is -0.629. The number of carbonyl (C=O) groups excluding carboxylic acids is 2. The summed E-state index contributed by atoms with van der Waals surface area (Å²) < 4.78 is 12.4. The molecule has 0 N–H and O–H groups in total. The fraction of sp³-hybridized carbons (Fsp3) is 0.417. The van der Waals surface area contributed by atoms with Crippen molar-refractivity contribution < 1.29 is 19.1 Å². The third kappa shape index (κ3) is 3.85. The van der Waals surface area contributed by atoms with Gasteiger partial charge in [-0.15, -0.1) is 0 Å². The molecule has 0 bridgehead atoms. The summed E-state index contributed by atoms with van der Waals surface area (Å²) in [6.45, 7) is 9.73. The Bertz CT molecular complexity index is 901. The van der Waals surface area contributed by atoms with Crippen LogP contribution in [-0.2, 0) is 19.7 Å². The summed E-state index contributed by atoms with van der Waals surface area (Å²) in [6, 6.07) is 16.7. The van der Waals surface area contributed by atoms with Crippen LogP contribution in [0.15, 0.2) is 59.1 Å². The Morgan fingerprint density at radius 1 is 1.03 bits per heavy atom. The zero-order valence-corrected chi connectivity index (χ0v) is 19.1. The van der Waals surface area contributed by atoms with E-state index in [1.54, 1.807) is 24.3 Å². The molecule has 5 heteroatoms. The van der Waals surface area contributed by atoms with Crippen LogP contribution in [0.1, 0.15) is 50.5 Å². The third-order valence-electron chi connectivity index (χ3n) is 5.96. The molecule has 2 aromatic rings. The van der Waals surface area contributed by atoms with Crippen LogP contribution in [0, 0.1) is 11.3 Å². The van der Waals surface area contributed by atoms with E-state index in [9.17, 15) is 9.59 Å². The standard InChI is InChI=1S/C24H27BrO4/c1-16-23(5,15-28-20(26)17-11-13-19(25)14-12-17)24(16,18-9-7-6-8-10-18)21(27)29-22(2,3)4/h6-14,16H,15H2,1-5H3/t16-,23-,24-/m0/s1. The molecule has 0 saturated heterocycles. The summed E-state index contributed by atoms with van der Waals surface area (Å²) in [4.78, 5) is 25.9. The Kier molecular flexibility index (Phi) is 5.65. The molecule has 0 aliphatic heterocycles. The van der Waals surface area contributed by atoms with Crippen LogP contribution in [0.4, 0.5) is 0 Å². The van der Waals surface area contributed by atoms with Gasteiger partial charge in [-0.1, -0.05) is 60.1 Å². The first-order valence-corrected chi connectivity index (χ1v) is 10.5. The molecule has 3 atom stereocenters. The number of halogens is 1. The quantitative estimate of drug-likeness (QED) is 0.551. The Labute approximate surface area is 180 Å². The highest BCUT2D eigenvalue weighted by atomic mass is 79.9. The molecular formula is C24H27BrO4. The fourth-order valence-corrected chi connectivity index (χ4v) is 4.47. The van der Waals surface area contributed by atoms with Crippen molar-refractivity contribution in [1.29, 1.82) is 0 Å². The largest absolute Gasteiger partial charge is 0.461 e. The minimum absolute atomic E-state index is 0.0371. The monoisotopic (exact) mass is 458 g/mol. The molecule has 154 valence electrons. The second-order valence-electron chi connectivity index (χ2n) is 8.90. The van der Waals surface area contributed by atoms with Gasteiger partial charge in [-0.05, 0) is 56.5 Å². The van der Waals surface area contributed by atoms with Crippen LogP contribution in [0.25, 0.3) is 0 Å². The maximum atomic E-state index is 13.4. The van der Waals surface area contributed by atoms with E-state index in [-0.39, 0.29) is 18.5 Å². The number of hydrogen-bond donors (Lipinski definition) is 0. The molecule has 1 fully saturated rings. The van der Waals surface area contributed by atoms with Crippen LogP contribution in [-0.4, -0.2) is 24.1 Å². The molecule has 0 unspecified atom stereocenters. The number of ether oxygens (including phenoxy) is 2. The molecule has 4 nitrogen and oxygen atoms in total. The van der Waals surface area contributed by atoms with Gasteiger partial charge in [-0.3, -0.25) is 4.79 Å². The molecule has 1 aliphatic rings. The van der Waals surface area contributed by atoms with Crippen molar-refractivity contribution in [3.8, 4) is 0 Å². The van der Waals surface area contributed by atoms with Crippen LogP contribution in [0.2, 0.25) is 0 Å².